The fourth-order valence-corrected chi connectivity index (χ4v) is 0.568. The van der Waals surface area contributed by atoms with Crippen LogP contribution in [0.3, 0.4) is 0 Å². The fourth-order valence-electron chi connectivity index (χ4n) is 0.438. The minimum atomic E-state index is 0.732. The molecule has 0 amide bonds. The Balaban J connectivity index is 2.53. The Labute approximate surface area is 56.2 Å². The summed E-state index contributed by atoms with van der Waals surface area (Å²) in [5, 5.41) is 3.17. The standard InChI is InChI=1S/C5H13NOS/c1-2-6-4-3-5-7-8/h6,8H,2-5H2,1H3. The van der Waals surface area contributed by atoms with Crippen LogP contribution in [0.25, 0.3) is 0 Å². The van der Waals surface area contributed by atoms with E-state index in [1.165, 1.54) is 0 Å². The average Bonchev–Trinajstić information content (AvgIpc) is 1.81. The largest absolute Gasteiger partial charge is 0.318 e. The summed E-state index contributed by atoms with van der Waals surface area (Å²) in [4.78, 5) is 0. The maximum Gasteiger partial charge on any atom is 0.0622 e. The monoisotopic (exact) mass is 135 g/mol. The molecule has 0 aliphatic carbocycles. The van der Waals surface area contributed by atoms with Crippen LogP contribution in [0.1, 0.15) is 13.3 Å². The number of nitrogens with one attached hydrogen (secondary N) is 1. The molecule has 2 nitrogen and oxygen atoms in total. The van der Waals surface area contributed by atoms with Crippen molar-refractivity contribution in [2.45, 2.75) is 13.3 Å². The molecule has 0 radical (unpaired) electrons. The highest BCUT2D eigenvalue weighted by Crippen LogP contribution is 1.81. The van der Waals surface area contributed by atoms with Crippen LogP contribution in [0.2, 0.25) is 0 Å². The molecule has 0 heterocycles. The molecule has 0 saturated heterocycles. The van der Waals surface area contributed by atoms with Gasteiger partial charge >= 0.3 is 0 Å². The fraction of sp³-hybridized carbons (Fsp3) is 1.00. The van der Waals surface area contributed by atoms with Crippen molar-refractivity contribution in [2.75, 3.05) is 19.7 Å². The van der Waals surface area contributed by atoms with Crippen molar-refractivity contribution in [1.29, 1.82) is 0 Å². The van der Waals surface area contributed by atoms with Crippen molar-refractivity contribution in [3.05, 3.63) is 0 Å². The van der Waals surface area contributed by atoms with Crippen LogP contribution in [-0.2, 0) is 4.18 Å². The van der Waals surface area contributed by atoms with Gasteiger partial charge in [0.1, 0.15) is 0 Å². The van der Waals surface area contributed by atoms with Crippen LogP contribution < -0.4 is 5.32 Å². The van der Waals surface area contributed by atoms with Crippen LogP contribution in [0.5, 0.6) is 0 Å². The predicted molar refractivity (Wildman–Crippen MR) is 38.1 cm³/mol. The van der Waals surface area contributed by atoms with E-state index >= 15 is 0 Å². The molecule has 0 aromatic heterocycles. The summed E-state index contributed by atoms with van der Waals surface area (Å²) in [6, 6.07) is 0. The highest BCUT2D eigenvalue weighted by Gasteiger charge is 1.82. The van der Waals surface area contributed by atoms with Gasteiger partial charge in [-0.1, -0.05) is 6.92 Å². The Morgan fingerprint density at radius 2 is 2.38 bits per heavy atom. The van der Waals surface area contributed by atoms with E-state index in [9.17, 15) is 0 Å². The molecule has 50 valence electrons. The zero-order chi connectivity index (χ0) is 6.24. The Kier molecular flexibility index (Phi) is 7.52. The molecule has 0 aliphatic rings. The van der Waals surface area contributed by atoms with Gasteiger partial charge in [-0.05, 0) is 32.4 Å². The van der Waals surface area contributed by atoms with Crippen LogP contribution >= 0.6 is 12.9 Å². The molecule has 0 aromatic rings. The molecule has 0 aromatic carbocycles. The second kappa shape index (κ2) is 7.27. The Hall–Kier alpha value is 0.270. The van der Waals surface area contributed by atoms with Gasteiger partial charge in [0.25, 0.3) is 0 Å². The first-order valence-electron chi connectivity index (χ1n) is 2.89. The molecule has 0 fully saturated rings. The predicted octanol–water partition coefficient (Wildman–Crippen LogP) is 0.847. The zero-order valence-electron chi connectivity index (χ0n) is 5.18. The third-order valence-electron chi connectivity index (χ3n) is 0.839. The van der Waals surface area contributed by atoms with Gasteiger partial charge in [0.2, 0.25) is 0 Å². The van der Waals surface area contributed by atoms with Crippen molar-refractivity contribution in [3.8, 4) is 0 Å². The minimum absolute atomic E-state index is 0.732. The van der Waals surface area contributed by atoms with E-state index in [-0.39, 0.29) is 0 Å². The zero-order valence-corrected chi connectivity index (χ0v) is 6.08. The van der Waals surface area contributed by atoms with Crippen LogP contribution in [0.4, 0.5) is 0 Å². The van der Waals surface area contributed by atoms with Crippen LogP contribution in [0, 0.1) is 0 Å². The van der Waals surface area contributed by atoms with E-state index < -0.39 is 0 Å². The Bertz CT molecular complexity index is 37.4. The maximum atomic E-state index is 4.54. The van der Waals surface area contributed by atoms with Gasteiger partial charge in [0.05, 0.1) is 6.61 Å². The third-order valence-corrected chi connectivity index (χ3v) is 1.02. The van der Waals surface area contributed by atoms with Crippen molar-refractivity contribution in [3.63, 3.8) is 0 Å². The molecule has 0 atom stereocenters. The highest BCUT2D eigenvalue weighted by molar-refractivity contribution is 7.75. The lowest BCUT2D eigenvalue weighted by atomic mass is 10.4. The van der Waals surface area contributed by atoms with Crippen LogP contribution in [-0.4, -0.2) is 19.7 Å². The molecule has 0 saturated carbocycles. The van der Waals surface area contributed by atoms with Crippen molar-refractivity contribution < 1.29 is 4.18 Å². The lowest BCUT2D eigenvalue weighted by Gasteiger charge is -1.97. The second-order valence-corrected chi connectivity index (χ2v) is 1.80. The average molecular weight is 135 g/mol. The topological polar surface area (TPSA) is 21.3 Å². The first kappa shape index (κ1) is 8.27. The van der Waals surface area contributed by atoms with E-state index in [0.717, 1.165) is 26.1 Å². The molecule has 0 spiro atoms. The molecule has 0 rings (SSSR count). The van der Waals surface area contributed by atoms with Gasteiger partial charge in [-0.3, -0.25) is 0 Å². The van der Waals surface area contributed by atoms with E-state index in [0.29, 0.717) is 0 Å². The second-order valence-electron chi connectivity index (χ2n) is 1.54. The van der Waals surface area contributed by atoms with Crippen LogP contribution in [0.15, 0.2) is 0 Å². The van der Waals surface area contributed by atoms with Crippen molar-refractivity contribution in [2.24, 2.45) is 0 Å². The molecule has 3 heteroatoms. The summed E-state index contributed by atoms with van der Waals surface area (Å²) in [5.74, 6) is 0. The van der Waals surface area contributed by atoms with Gasteiger partial charge in [-0.25, -0.2) is 0 Å². The smallest absolute Gasteiger partial charge is 0.0622 e. The Morgan fingerprint density at radius 3 is 2.88 bits per heavy atom. The van der Waals surface area contributed by atoms with E-state index in [4.69, 9.17) is 0 Å². The van der Waals surface area contributed by atoms with Gasteiger partial charge in [-0.15, -0.1) is 0 Å². The summed E-state index contributed by atoms with van der Waals surface area (Å²) in [5.41, 5.74) is 0. The summed E-state index contributed by atoms with van der Waals surface area (Å²) < 4.78 is 4.54. The molecule has 0 unspecified atom stereocenters. The lowest BCUT2D eigenvalue weighted by molar-refractivity contribution is 0.368. The molecule has 8 heavy (non-hydrogen) atoms. The molecule has 0 aliphatic heterocycles. The number of hydrogen-bond donors (Lipinski definition) is 2. The van der Waals surface area contributed by atoms with Crippen molar-refractivity contribution in [1.82, 2.24) is 5.32 Å². The van der Waals surface area contributed by atoms with E-state index in [1.807, 2.05) is 0 Å². The number of thiol groups is 1. The number of rotatable bonds is 5. The third kappa shape index (κ3) is 6.27. The SMILES string of the molecule is CCNCCCOS. The van der Waals surface area contributed by atoms with Gasteiger partial charge in [-0.2, -0.15) is 0 Å². The Morgan fingerprint density at radius 1 is 1.62 bits per heavy atom. The molecular weight excluding hydrogens is 122 g/mol. The lowest BCUT2D eigenvalue weighted by Crippen LogP contribution is -2.14. The van der Waals surface area contributed by atoms with Gasteiger partial charge in [0.15, 0.2) is 0 Å². The summed E-state index contributed by atoms with van der Waals surface area (Å²) in [6.45, 7) is 4.88. The van der Waals surface area contributed by atoms with Gasteiger partial charge in [0, 0.05) is 0 Å². The summed E-state index contributed by atoms with van der Waals surface area (Å²) in [7, 11) is 0. The number of hydrogen-bond acceptors (Lipinski definition) is 3. The summed E-state index contributed by atoms with van der Waals surface area (Å²) >= 11 is 3.59. The quantitative estimate of drug-likeness (QED) is 0.331. The first-order valence-corrected chi connectivity index (χ1v) is 3.25. The van der Waals surface area contributed by atoms with E-state index in [2.05, 4.69) is 29.3 Å². The highest BCUT2D eigenvalue weighted by atomic mass is 32.1. The molecule has 1 N–H and O–H groups in total. The normalized spacial score (nSPS) is 9.75. The maximum absolute atomic E-state index is 4.54. The summed E-state index contributed by atoms with van der Waals surface area (Å²) in [6.07, 6.45) is 1.04. The van der Waals surface area contributed by atoms with E-state index in [1.54, 1.807) is 0 Å². The minimum Gasteiger partial charge on any atom is -0.318 e. The first-order chi connectivity index (χ1) is 3.91. The molecule has 0 bridgehead atoms. The van der Waals surface area contributed by atoms with Crippen molar-refractivity contribution >= 4 is 12.9 Å². The van der Waals surface area contributed by atoms with Gasteiger partial charge < -0.3 is 9.50 Å². The molecular formula is C5H13NOS.